The number of fused-ring (bicyclic) bond motifs is 1. The number of sulfonamides is 1. The third-order valence-electron chi connectivity index (χ3n) is 5.35. The number of benzene rings is 3. The van der Waals surface area contributed by atoms with Crippen LogP contribution in [0.1, 0.15) is 15.9 Å². The van der Waals surface area contributed by atoms with Gasteiger partial charge in [-0.15, -0.1) is 11.3 Å². The van der Waals surface area contributed by atoms with E-state index in [0.717, 1.165) is 22.3 Å². The van der Waals surface area contributed by atoms with Gasteiger partial charge < -0.3 is 4.42 Å². The molecule has 8 nitrogen and oxygen atoms in total. The summed E-state index contributed by atoms with van der Waals surface area (Å²) in [6.45, 7) is 1.87. The number of nitrogens with one attached hydrogen (secondary N) is 2. The molecule has 2 aromatic heterocycles. The average Bonchev–Trinajstić information content (AvgIpc) is 3.32. The fourth-order valence-corrected chi connectivity index (χ4v) is 5.28. The second kappa shape index (κ2) is 9.40. The summed E-state index contributed by atoms with van der Waals surface area (Å²) >= 11 is 1.16. The molecule has 0 saturated carbocycles. The maximum atomic E-state index is 12.8. The molecule has 2 N–H and O–H groups in total. The number of aromatic nitrogens is 1. The van der Waals surface area contributed by atoms with Gasteiger partial charge in [0.05, 0.1) is 16.2 Å². The monoisotopic (exact) mass is 517 g/mol. The molecule has 0 aliphatic carbocycles. The Labute approximate surface area is 210 Å². The zero-order valence-electron chi connectivity index (χ0n) is 18.9. The smallest absolute Gasteiger partial charge is 0.345 e. The summed E-state index contributed by atoms with van der Waals surface area (Å²) in [6, 6.07) is 21.5. The molecule has 1 amide bonds. The van der Waals surface area contributed by atoms with Gasteiger partial charge in [-0.2, -0.15) is 0 Å². The largest absolute Gasteiger partial charge is 0.422 e. The van der Waals surface area contributed by atoms with Crippen LogP contribution in [0.15, 0.2) is 98.4 Å². The van der Waals surface area contributed by atoms with Crippen molar-refractivity contribution >= 4 is 49.1 Å². The summed E-state index contributed by atoms with van der Waals surface area (Å²) < 4.78 is 33.2. The van der Waals surface area contributed by atoms with Crippen molar-refractivity contribution in [3.8, 4) is 11.3 Å². The molecule has 0 spiro atoms. The van der Waals surface area contributed by atoms with E-state index in [0.29, 0.717) is 11.3 Å². The number of rotatable bonds is 6. The van der Waals surface area contributed by atoms with Crippen LogP contribution in [0.4, 0.5) is 10.8 Å². The molecule has 5 rings (SSSR count). The zero-order chi connectivity index (χ0) is 25.3. The van der Waals surface area contributed by atoms with Crippen LogP contribution in [-0.4, -0.2) is 19.3 Å². The minimum atomic E-state index is -3.81. The lowest BCUT2D eigenvalue weighted by atomic mass is 10.1. The lowest BCUT2D eigenvalue weighted by Crippen LogP contribution is -2.15. The Hall–Kier alpha value is -4.28. The predicted molar refractivity (Wildman–Crippen MR) is 140 cm³/mol. The van der Waals surface area contributed by atoms with Crippen LogP contribution in [0.3, 0.4) is 0 Å². The molecule has 36 heavy (non-hydrogen) atoms. The number of hydrogen-bond acceptors (Lipinski definition) is 7. The van der Waals surface area contributed by atoms with Gasteiger partial charge in [-0.3, -0.25) is 14.8 Å². The normalized spacial score (nSPS) is 11.4. The van der Waals surface area contributed by atoms with Crippen molar-refractivity contribution in [3.05, 3.63) is 106 Å². The number of nitrogens with zero attached hydrogens (tertiary/aromatic N) is 1. The quantitative estimate of drug-likeness (QED) is 0.296. The number of carbonyl (C=O) groups is 1. The van der Waals surface area contributed by atoms with Gasteiger partial charge in [-0.1, -0.05) is 42.0 Å². The standard InChI is InChI=1S/C26H19N3O5S2/c1-16-9-11-20(12-10-16)36(32,33)29-19-7-4-6-18(13-19)24(30)28-26-27-22(15-35-26)21-14-17-5-2-3-8-23(17)34-25(21)31/h2-15,29H,1H3,(H,27,28,30). The minimum Gasteiger partial charge on any atom is -0.422 e. The Morgan fingerprint density at radius 2 is 1.75 bits per heavy atom. The fourth-order valence-electron chi connectivity index (χ4n) is 3.52. The zero-order valence-corrected chi connectivity index (χ0v) is 20.5. The number of anilines is 2. The molecule has 2 heterocycles. The highest BCUT2D eigenvalue weighted by Crippen LogP contribution is 2.26. The van der Waals surface area contributed by atoms with E-state index in [2.05, 4.69) is 15.0 Å². The molecule has 5 aromatic rings. The lowest BCUT2D eigenvalue weighted by Gasteiger charge is -2.10. The summed E-state index contributed by atoms with van der Waals surface area (Å²) in [5.74, 6) is -0.474. The summed E-state index contributed by atoms with van der Waals surface area (Å²) in [7, 11) is -3.81. The first-order chi connectivity index (χ1) is 17.3. The molecule has 0 fully saturated rings. The number of aryl methyl sites for hydroxylation is 1. The molecular weight excluding hydrogens is 498 g/mol. The van der Waals surface area contributed by atoms with E-state index in [1.165, 1.54) is 18.2 Å². The highest BCUT2D eigenvalue weighted by Gasteiger charge is 2.17. The van der Waals surface area contributed by atoms with Crippen LogP contribution in [0, 0.1) is 6.92 Å². The Morgan fingerprint density at radius 1 is 0.972 bits per heavy atom. The molecule has 0 bridgehead atoms. The summed E-state index contributed by atoms with van der Waals surface area (Å²) in [5, 5.41) is 5.39. The van der Waals surface area contributed by atoms with Gasteiger partial charge in [0.2, 0.25) is 0 Å². The number of amides is 1. The molecule has 0 atom stereocenters. The van der Waals surface area contributed by atoms with E-state index in [1.807, 2.05) is 19.1 Å². The van der Waals surface area contributed by atoms with E-state index in [4.69, 9.17) is 4.42 Å². The van der Waals surface area contributed by atoms with Crippen molar-refractivity contribution in [3.63, 3.8) is 0 Å². The molecular formula is C26H19N3O5S2. The van der Waals surface area contributed by atoms with E-state index < -0.39 is 21.6 Å². The molecule has 0 radical (unpaired) electrons. The van der Waals surface area contributed by atoms with Gasteiger partial charge in [0.15, 0.2) is 5.13 Å². The van der Waals surface area contributed by atoms with Crippen LogP contribution >= 0.6 is 11.3 Å². The van der Waals surface area contributed by atoms with E-state index in [1.54, 1.807) is 53.9 Å². The topological polar surface area (TPSA) is 118 Å². The molecule has 0 aliphatic rings. The van der Waals surface area contributed by atoms with Crippen LogP contribution in [0.25, 0.3) is 22.2 Å². The fraction of sp³-hybridized carbons (Fsp3) is 0.0385. The third kappa shape index (κ3) is 4.90. The SMILES string of the molecule is Cc1ccc(S(=O)(=O)Nc2cccc(C(=O)Nc3nc(-c4cc5ccccc5oc4=O)cs3)c2)cc1. The number of thiazole rings is 1. The van der Waals surface area contributed by atoms with E-state index >= 15 is 0 Å². The molecule has 180 valence electrons. The Kier molecular flexibility index (Phi) is 6.13. The summed E-state index contributed by atoms with van der Waals surface area (Å²) in [5.41, 5.74) is 2.06. The molecule has 0 unspecified atom stereocenters. The van der Waals surface area contributed by atoms with Gasteiger partial charge in [-0.05, 0) is 49.4 Å². The van der Waals surface area contributed by atoms with Crippen molar-refractivity contribution in [1.29, 1.82) is 0 Å². The third-order valence-corrected chi connectivity index (χ3v) is 7.51. The summed E-state index contributed by atoms with van der Waals surface area (Å²) in [6.07, 6.45) is 0. The highest BCUT2D eigenvalue weighted by molar-refractivity contribution is 7.92. The van der Waals surface area contributed by atoms with Crippen LogP contribution in [0.2, 0.25) is 0 Å². The van der Waals surface area contributed by atoms with Crippen molar-refractivity contribution in [2.24, 2.45) is 0 Å². The van der Waals surface area contributed by atoms with E-state index in [9.17, 15) is 18.0 Å². The van der Waals surface area contributed by atoms with Crippen LogP contribution < -0.4 is 15.7 Å². The lowest BCUT2D eigenvalue weighted by molar-refractivity contribution is 0.102. The maximum absolute atomic E-state index is 12.8. The van der Waals surface area contributed by atoms with Gasteiger partial charge in [0, 0.05) is 22.0 Å². The molecule has 0 saturated heterocycles. The van der Waals surface area contributed by atoms with Gasteiger partial charge in [-0.25, -0.2) is 18.2 Å². The Morgan fingerprint density at radius 3 is 2.56 bits per heavy atom. The Balaban J connectivity index is 1.33. The van der Waals surface area contributed by atoms with Crippen molar-refractivity contribution in [2.45, 2.75) is 11.8 Å². The van der Waals surface area contributed by atoms with Crippen molar-refractivity contribution < 1.29 is 17.6 Å². The number of carbonyl (C=O) groups excluding carboxylic acids is 1. The van der Waals surface area contributed by atoms with Gasteiger partial charge in [0.25, 0.3) is 15.9 Å². The predicted octanol–water partition coefficient (Wildman–Crippen LogP) is 5.28. The van der Waals surface area contributed by atoms with Crippen molar-refractivity contribution in [1.82, 2.24) is 4.98 Å². The van der Waals surface area contributed by atoms with E-state index in [-0.39, 0.29) is 26.8 Å². The molecule has 10 heteroatoms. The molecule has 0 aliphatic heterocycles. The minimum absolute atomic E-state index is 0.122. The second-order valence-corrected chi connectivity index (χ2v) is 10.5. The number of para-hydroxylation sites is 1. The van der Waals surface area contributed by atoms with Crippen LogP contribution in [-0.2, 0) is 10.0 Å². The first kappa shape index (κ1) is 23.5. The Bertz CT molecular complexity index is 1760. The van der Waals surface area contributed by atoms with Crippen LogP contribution in [0.5, 0.6) is 0 Å². The van der Waals surface area contributed by atoms with Gasteiger partial charge in [0.1, 0.15) is 5.58 Å². The van der Waals surface area contributed by atoms with Gasteiger partial charge >= 0.3 is 5.63 Å². The molecule has 3 aromatic carbocycles. The summed E-state index contributed by atoms with van der Waals surface area (Å²) in [4.78, 5) is 29.7. The number of hydrogen-bond donors (Lipinski definition) is 2. The second-order valence-electron chi connectivity index (χ2n) is 7.98. The maximum Gasteiger partial charge on any atom is 0.345 e. The van der Waals surface area contributed by atoms with Crippen molar-refractivity contribution in [2.75, 3.05) is 10.0 Å². The highest BCUT2D eigenvalue weighted by atomic mass is 32.2. The first-order valence-corrected chi connectivity index (χ1v) is 13.1. The first-order valence-electron chi connectivity index (χ1n) is 10.8. The average molecular weight is 518 g/mol.